The second-order valence-corrected chi connectivity index (χ2v) is 6.12. The zero-order valence-corrected chi connectivity index (χ0v) is 12.7. The fraction of sp³-hybridized carbons (Fsp3) is 0.412. The quantitative estimate of drug-likeness (QED) is 0.857. The topological polar surface area (TPSA) is 68.0 Å². The molecule has 0 fully saturated rings. The molecule has 4 nitrogen and oxygen atoms in total. The monoisotopic (exact) mass is 285 g/mol. The van der Waals surface area contributed by atoms with E-state index in [1.807, 2.05) is 30.3 Å². The normalized spacial score (nSPS) is 11.6. The molecule has 1 heterocycles. The summed E-state index contributed by atoms with van der Waals surface area (Å²) < 4.78 is 0. The van der Waals surface area contributed by atoms with Crippen molar-refractivity contribution in [3.05, 3.63) is 42.1 Å². The van der Waals surface area contributed by atoms with E-state index in [1.54, 1.807) is 6.20 Å². The van der Waals surface area contributed by atoms with E-state index < -0.39 is 0 Å². The molecule has 0 aliphatic carbocycles. The predicted octanol–water partition coefficient (Wildman–Crippen LogP) is 2.73. The molecule has 0 saturated heterocycles. The van der Waals surface area contributed by atoms with E-state index in [9.17, 15) is 4.79 Å². The largest absolute Gasteiger partial charge is 0.351 e. The molecule has 112 valence electrons. The van der Waals surface area contributed by atoms with Gasteiger partial charge in [0.2, 0.25) is 0 Å². The van der Waals surface area contributed by atoms with Gasteiger partial charge in [0.05, 0.1) is 11.1 Å². The van der Waals surface area contributed by atoms with Gasteiger partial charge >= 0.3 is 0 Å². The minimum atomic E-state index is -0.0693. The molecule has 21 heavy (non-hydrogen) atoms. The van der Waals surface area contributed by atoms with Gasteiger partial charge in [-0.05, 0) is 36.9 Å². The summed E-state index contributed by atoms with van der Waals surface area (Å²) in [5, 5.41) is 4.00. The number of nitrogens with two attached hydrogens (primary N) is 1. The number of amides is 1. The van der Waals surface area contributed by atoms with Gasteiger partial charge in [-0.15, -0.1) is 0 Å². The van der Waals surface area contributed by atoms with Crippen molar-refractivity contribution >= 4 is 16.8 Å². The lowest BCUT2D eigenvalue weighted by molar-refractivity contribution is 0.0936. The Hall–Kier alpha value is -1.94. The van der Waals surface area contributed by atoms with E-state index in [-0.39, 0.29) is 11.3 Å². The standard InChI is InChI=1S/C17H23N3O/c1-17(2,9-5-10-18)12-20-16(21)14-8-3-6-13-7-4-11-19-15(13)14/h3-4,6-8,11H,5,9-10,12,18H2,1-2H3,(H,20,21). The summed E-state index contributed by atoms with van der Waals surface area (Å²) in [6.45, 7) is 5.61. The third-order valence-corrected chi connectivity index (χ3v) is 3.66. The summed E-state index contributed by atoms with van der Waals surface area (Å²) in [6.07, 6.45) is 3.68. The van der Waals surface area contributed by atoms with Gasteiger partial charge in [0, 0.05) is 18.1 Å². The number of fused-ring (bicyclic) bond motifs is 1. The van der Waals surface area contributed by atoms with Crippen LogP contribution in [-0.2, 0) is 0 Å². The molecule has 2 rings (SSSR count). The number of rotatable bonds is 6. The molecule has 0 unspecified atom stereocenters. The highest BCUT2D eigenvalue weighted by molar-refractivity contribution is 6.05. The van der Waals surface area contributed by atoms with Crippen LogP contribution in [0.1, 0.15) is 37.0 Å². The number of nitrogens with one attached hydrogen (secondary N) is 1. The summed E-state index contributed by atoms with van der Waals surface area (Å²) in [6, 6.07) is 9.50. The molecule has 0 atom stereocenters. The van der Waals surface area contributed by atoms with Gasteiger partial charge in [-0.2, -0.15) is 0 Å². The fourth-order valence-electron chi connectivity index (χ4n) is 2.37. The van der Waals surface area contributed by atoms with Crippen LogP contribution in [0.15, 0.2) is 36.5 Å². The van der Waals surface area contributed by atoms with E-state index in [4.69, 9.17) is 5.73 Å². The number of nitrogens with zero attached hydrogens (tertiary/aromatic N) is 1. The van der Waals surface area contributed by atoms with Crippen molar-refractivity contribution in [1.82, 2.24) is 10.3 Å². The zero-order chi connectivity index (χ0) is 15.3. The van der Waals surface area contributed by atoms with Crippen LogP contribution in [0.2, 0.25) is 0 Å². The van der Waals surface area contributed by atoms with Crippen molar-refractivity contribution in [1.29, 1.82) is 0 Å². The van der Waals surface area contributed by atoms with Gasteiger partial charge in [0.15, 0.2) is 0 Å². The van der Waals surface area contributed by atoms with E-state index in [2.05, 4.69) is 24.1 Å². The van der Waals surface area contributed by atoms with E-state index in [1.165, 1.54) is 0 Å². The molecule has 1 amide bonds. The van der Waals surface area contributed by atoms with Crippen molar-refractivity contribution in [2.24, 2.45) is 11.1 Å². The SMILES string of the molecule is CC(C)(CCCN)CNC(=O)c1cccc2cccnc12. The summed E-state index contributed by atoms with van der Waals surface area (Å²) >= 11 is 0. The molecule has 3 N–H and O–H groups in total. The highest BCUT2D eigenvalue weighted by atomic mass is 16.1. The number of hydrogen-bond acceptors (Lipinski definition) is 3. The number of para-hydroxylation sites is 1. The number of aromatic nitrogens is 1. The molecule has 4 heteroatoms. The van der Waals surface area contributed by atoms with Gasteiger partial charge in [0.25, 0.3) is 5.91 Å². The Bertz CT molecular complexity index is 617. The molecule has 1 aromatic heterocycles. The highest BCUT2D eigenvalue weighted by Crippen LogP contribution is 2.21. The molecule has 1 aromatic carbocycles. The van der Waals surface area contributed by atoms with Crippen LogP contribution < -0.4 is 11.1 Å². The van der Waals surface area contributed by atoms with Crippen LogP contribution in [0, 0.1) is 5.41 Å². The molecule has 2 aromatic rings. The number of pyridine rings is 1. The second kappa shape index (κ2) is 6.68. The minimum Gasteiger partial charge on any atom is -0.351 e. The van der Waals surface area contributed by atoms with Crippen molar-refractivity contribution in [2.45, 2.75) is 26.7 Å². The van der Waals surface area contributed by atoms with Gasteiger partial charge in [-0.25, -0.2) is 0 Å². The average Bonchev–Trinajstić information content (AvgIpc) is 2.50. The lowest BCUT2D eigenvalue weighted by Gasteiger charge is -2.24. The van der Waals surface area contributed by atoms with Crippen molar-refractivity contribution in [3.8, 4) is 0 Å². The average molecular weight is 285 g/mol. The number of benzene rings is 1. The van der Waals surface area contributed by atoms with Crippen LogP contribution in [0.5, 0.6) is 0 Å². The Morgan fingerprint density at radius 1 is 1.29 bits per heavy atom. The Morgan fingerprint density at radius 3 is 2.81 bits per heavy atom. The molecule has 0 radical (unpaired) electrons. The Balaban J connectivity index is 2.09. The van der Waals surface area contributed by atoms with Crippen LogP contribution in [0.25, 0.3) is 10.9 Å². The molecule has 0 aliphatic rings. The smallest absolute Gasteiger partial charge is 0.253 e. The molecule has 0 aliphatic heterocycles. The van der Waals surface area contributed by atoms with Crippen molar-refractivity contribution in [2.75, 3.05) is 13.1 Å². The summed E-state index contributed by atoms with van der Waals surface area (Å²) in [4.78, 5) is 16.7. The third-order valence-electron chi connectivity index (χ3n) is 3.66. The van der Waals surface area contributed by atoms with Gasteiger partial charge in [-0.3, -0.25) is 9.78 Å². The maximum Gasteiger partial charge on any atom is 0.253 e. The van der Waals surface area contributed by atoms with E-state index >= 15 is 0 Å². The molecule has 0 saturated carbocycles. The highest BCUT2D eigenvalue weighted by Gasteiger charge is 2.19. The summed E-state index contributed by atoms with van der Waals surface area (Å²) in [5.74, 6) is -0.0693. The fourth-order valence-corrected chi connectivity index (χ4v) is 2.37. The summed E-state index contributed by atoms with van der Waals surface area (Å²) in [5.41, 5.74) is 6.97. The van der Waals surface area contributed by atoms with Crippen LogP contribution in [0.4, 0.5) is 0 Å². The van der Waals surface area contributed by atoms with Crippen LogP contribution in [0.3, 0.4) is 0 Å². The second-order valence-electron chi connectivity index (χ2n) is 6.12. The number of carbonyl (C=O) groups is 1. The lowest BCUT2D eigenvalue weighted by atomic mass is 9.87. The number of carbonyl (C=O) groups excluding carboxylic acids is 1. The van der Waals surface area contributed by atoms with E-state index in [0.29, 0.717) is 18.7 Å². The maximum atomic E-state index is 12.4. The molecular formula is C17H23N3O. The van der Waals surface area contributed by atoms with E-state index in [0.717, 1.165) is 23.7 Å². The number of hydrogen-bond donors (Lipinski definition) is 2. The summed E-state index contributed by atoms with van der Waals surface area (Å²) in [7, 11) is 0. The lowest BCUT2D eigenvalue weighted by Crippen LogP contribution is -2.34. The molecule has 0 spiro atoms. The van der Waals surface area contributed by atoms with Crippen LogP contribution >= 0.6 is 0 Å². The predicted molar refractivity (Wildman–Crippen MR) is 86.1 cm³/mol. The van der Waals surface area contributed by atoms with Gasteiger partial charge in [-0.1, -0.05) is 32.0 Å². The Kier molecular flexibility index (Phi) is 4.91. The van der Waals surface area contributed by atoms with Gasteiger partial charge in [0.1, 0.15) is 0 Å². The first kappa shape index (κ1) is 15.4. The molecule has 0 bridgehead atoms. The maximum absolute atomic E-state index is 12.4. The molecular weight excluding hydrogens is 262 g/mol. The van der Waals surface area contributed by atoms with Crippen molar-refractivity contribution < 1.29 is 4.79 Å². The third kappa shape index (κ3) is 4.02. The Labute approximate surface area is 125 Å². The zero-order valence-electron chi connectivity index (χ0n) is 12.7. The van der Waals surface area contributed by atoms with Crippen LogP contribution in [-0.4, -0.2) is 24.0 Å². The van der Waals surface area contributed by atoms with Gasteiger partial charge < -0.3 is 11.1 Å². The minimum absolute atomic E-state index is 0.0487. The van der Waals surface area contributed by atoms with Crippen molar-refractivity contribution in [3.63, 3.8) is 0 Å². The first-order chi connectivity index (χ1) is 10.0. The first-order valence-corrected chi connectivity index (χ1v) is 7.35. The Morgan fingerprint density at radius 2 is 2.05 bits per heavy atom. The first-order valence-electron chi connectivity index (χ1n) is 7.35.